The molecule has 0 aliphatic carbocycles. The van der Waals surface area contributed by atoms with E-state index in [0.717, 1.165) is 29.3 Å². The van der Waals surface area contributed by atoms with E-state index >= 15 is 0 Å². The first-order valence-electron chi connectivity index (χ1n) is 18.1. The van der Waals surface area contributed by atoms with E-state index < -0.39 is 71.1 Å². The first-order valence-corrected chi connectivity index (χ1v) is 19.2. The van der Waals surface area contributed by atoms with Gasteiger partial charge in [-0.15, -0.1) is 11.8 Å². The number of fused-ring (bicyclic) bond motifs is 10. The number of nitrogens with one attached hydrogen (secondary N) is 2. The van der Waals surface area contributed by atoms with E-state index in [1.54, 1.807) is 6.92 Å². The van der Waals surface area contributed by atoms with Gasteiger partial charge in [0.25, 0.3) is 0 Å². The van der Waals surface area contributed by atoms with Crippen molar-refractivity contribution in [2.75, 3.05) is 26.3 Å². The minimum absolute atomic E-state index is 0.0459. The maximum absolute atomic E-state index is 13.8. The highest BCUT2D eigenvalue weighted by atomic mass is 32.2. The number of hydrogen-bond acceptors (Lipinski definition) is 13. The molecule has 7 atom stereocenters. The van der Waals surface area contributed by atoms with Gasteiger partial charge in [-0.05, 0) is 55.2 Å². The smallest absolute Gasteiger partial charge is 0.416 e. The molecule has 3 aromatic rings. The second-order valence-corrected chi connectivity index (χ2v) is 15.6. The Balaban J connectivity index is 1.24. The fourth-order valence-electron chi connectivity index (χ4n) is 8.85. The van der Waals surface area contributed by atoms with Crippen molar-refractivity contribution in [1.29, 1.82) is 5.26 Å². The van der Waals surface area contributed by atoms with Crippen LogP contribution in [-0.2, 0) is 31.7 Å². The lowest BCUT2D eigenvalue weighted by Crippen LogP contribution is -2.69. The number of hydrogen-bond donors (Lipinski definition) is 3. The molecule has 0 aromatic heterocycles. The number of halogens is 3. The van der Waals surface area contributed by atoms with Gasteiger partial charge in [-0.2, -0.15) is 18.4 Å². The maximum Gasteiger partial charge on any atom is 0.416 e. The Morgan fingerprint density at radius 2 is 1.84 bits per heavy atom. The molecule has 2 saturated heterocycles. The molecule has 0 radical (unpaired) electrons. The van der Waals surface area contributed by atoms with Gasteiger partial charge in [0.15, 0.2) is 23.0 Å². The zero-order chi connectivity index (χ0) is 40.5. The number of phenols is 1. The largest absolute Gasteiger partial charge is 0.504 e. The molecule has 6 aliphatic rings. The number of esters is 2. The fraction of sp³-hybridized carbons (Fsp3) is 0.400. The number of benzene rings is 3. The van der Waals surface area contributed by atoms with Crippen LogP contribution in [0.5, 0.6) is 28.7 Å². The Hall–Kier alpha value is -5.44. The number of amides is 1. The van der Waals surface area contributed by atoms with Crippen molar-refractivity contribution in [3.63, 3.8) is 0 Å². The molecule has 2 fully saturated rings. The standard InChI is InChI=1S/C40H37F3N4O9S/c1-17-11-21-12-23-25(13-44)47-26-14-53-39(51)24(45-27(49)10-7-20-5-8-22(9-6-20)40(41,42)43)15-57-38(32(47)31(46-23)28(21)33(50)34(17)52-4)30-29(26)37-36(54-16-55-37)18(2)35(30)56-19(3)48/h5-11,23-26,31-32,38,46,50H,12,14-16H2,1-4H3,(H,45,49)/b10-7+/t23-,24+,25+,26+,31+,32?,38-/m1/s1. The van der Waals surface area contributed by atoms with Crippen LogP contribution in [0.2, 0.25) is 0 Å². The molecule has 17 heteroatoms. The summed E-state index contributed by atoms with van der Waals surface area (Å²) in [5.41, 5.74) is 3.27. The first-order chi connectivity index (χ1) is 27.2. The van der Waals surface area contributed by atoms with Gasteiger partial charge in [-0.3, -0.25) is 14.5 Å². The Kier molecular flexibility index (Phi) is 9.77. The van der Waals surface area contributed by atoms with Gasteiger partial charge < -0.3 is 39.4 Å². The summed E-state index contributed by atoms with van der Waals surface area (Å²) in [5, 5.41) is 28.3. The molecule has 9 rings (SSSR count). The first kappa shape index (κ1) is 38.4. The van der Waals surface area contributed by atoms with Crippen LogP contribution in [0.3, 0.4) is 0 Å². The van der Waals surface area contributed by atoms with Gasteiger partial charge in [0, 0.05) is 53.1 Å². The number of methoxy groups -OCH3 is 1. The molecule has 4 bridgehead atoms. The summed E-state index contributed by atoms with van der Waals surface area (Å²) >= 11 is 1.27. The number of aryl methyl sites for hydroxylation is 1. The Labute approximate surface area is 329 Å². The van der Waals surface area contributed by atoms with E-state index in [9.17, 15) is 37.9 Å². The number of alkyl halides is 3. The average Bonchev–Trinajstić information content (AvgIpc) is 3.66. The van der Waals surface area contributed by atoms with Gasteiger partial charge in [0.2, 0.25) is 12.7 Å². The predicted molar refractivity (Wildman–Crippen MR) is 198 cm³/mol. The highest BCUT2D eigenvalue weighted by Gasteiger charge is 2.59. The molecule has 0 saturated carbocycles. The van der Waals surface area contributed by atoms with E-state index in [2.05, 4.69) is 16.7 Å². The molecule has 57 heavy (non-hydrogen) atoms. The fourth-order valence-corrected chi connectivity index (χ4v) is 10.4. The third kappa shape index (κ3) is 6.49. The topological polar surface area (TPSA) is 169 Å². The predicted octanol–water partition coefficient (Wildman–Crippen LogP) is 5.11. The summed E-state index contributed by atoms with van der Waals surface area (Å²) in [6.07, 6.45) is -1.66. The van der Waals surface area contributed by atoms with Gasteiger partial charge in [0.05, 0.1) is 36.1 Å². The maximum atomic E-state index is 13.8. The van der Waals surface area contributed by atoms with Crippen molar-refractivity contribution in [3.8, 4) is 34.8 Å². The Morgan fingerprint density at radius 1 is 1.11 bits per heavy atom. The summed E-state index contributed by atoms with van der Waals surface area (Å²) in [5.74, 6) is -0.872. The van der Waals surface area contributed by atoms with E-state index in [0.29, 0.717) is 51.5 Å². The van der Waals surface area contributed by atoms with Crippen molar-refractivity contribution in [1.82, 2.24) is 15.5 Å². The van der Waals surface area contributed by atoms with Crippen LogP contribution >= 0.6 is 11.8 Å². The van der Waals surface area contributed by atoms with Gasteiger partial charge in [-0.1, -0.05) is 18.2 Å². The number of carbonyl (C=O) groups excluding carboxylic acids is 3. The van der Waals surface area contributed by atoms with E-state index in [-0.39, 0.29) is 30.7 Å². The monoisotopic (exact) mass is 806 g/mol. The zero-order valence-electron chi connectivity index (χ0n) is 31.1. The summed E-state index contributed by atoms with van der Waals surface area (Å²) in [4.78, 5) is 41.8. The van der Waals surface area contributed by atoms with Crippen LogP contribution < -0.4 is 29.6 Å². The second-order valence-electron chi connectivity index (χ2n) is 14.5. The summed E-state index contributed by atoms with van der Waals surface area (Å²) in [6, 6.07) is 4.23. The van der Waals surface area contributed by atoms with Gasteiger partial charge >= 0.3 is 18.1 Å². The third-order valence-corrected chi connectivity index (χ3v) is 12.5. The molecule has 1 unspecified atom stereocenters. The number of thioether (sulfide) groups is 1. The van der Waals surface area contributed by atoms with Gasteiger partial charge in [-0.25, -0.2) is 4.79 Å². The van der Waals surface area contributed by atoms with Gasteiger partial charge in [0.1, 0.15) is 24.4 Å². The number of piperazine rings is 1. The van der Waals surface area contributed by atoms with Crippen molar-refractivity contribution >= 4 is 35.7 Å². The van der Waals surface area contributed by atoms with Crippen LogP contribution in [0, 0.1) is 25.2 Å². The molecule has 0 spiro atoms. The highest BCUT2D eigenvalue weighted by molar-refractivity contribution is 7.99. The molecular weight excluding hydrogens is 770 g/mol. The Morgan fingerprint density at radius 3 is 2.53 bits per heavy atom. The molecule has 6 heterocycles. The van der Waals surface area contributed by atoms with E-state index in [1.807, 2.05) is 17.9 Å². The van der Waals surface area contributed by atoms with Crippen LogP contribution in [0.4, 0.5) is 13.2 Å². The minimum Gasteiger partial charge on any atom is -0.504 e. The lowest BCUT2D eigenvalue weighted by molar-refractivity contribution is -0.150. The van der Waals surface area contributed by atoms with Crippen LogP contribution in [-0.4, -0.2) is 78.3 Å². The number of ether oxygens (including phenoxy) is 5. The van der Waals surface area contributed by atoms with Crippen molar-refractivity contribution in [2.24, 2.45) is 0 Å². The van der Waals surface area contributed by atoms with E-state index in [1.165, 1.54) is 44.0 Å². The SMILES string of the molecule is COc1c(C)cc2c(c1O)[C@@H]1N[C@H](C2)[C@H](C#N)N2C1[C@@H]1SC[C@H](NC(=O)/C=C/c3ccc(C(F)(F)F)cc3)C(=O)OC[C@H]2c2c3c(c(C)c(OC(C)=O)c21)OCO3. The number of rotatable bonds is 5. The number of aromatic hydroxyl groups is 1. The van der Waals surface area contributed by atoms with Crippen molar-refractivity contribution in [3.05, 3.63) is 80.9 Å². The third-order valence-electron chi connectivity index (χ3n) is 11.1. The molecular formula is C40H37F3N4O9S. The Bertz CT molecular complexity index is 2260. The highest BCUT2D eigenvalue weighted by Crippen LogP contribution is 2.62. The molecule has 3 N–H and O–H groups in total. The normalized spacial score (nSPS) is 26.1. The molecule has 1 amide bonds. The van der Waals surface area contributed by atoms with Crippen molar-refractivity contribution in [2.45, 2.75) is 74.9 Å². The van der Waals surface area contributed by atoms with Crippen molar-refractivity contribution < 1.29 is 56.3 Å². The second kappa shape index (κ2) is 14.5. The molecule has 3 aromatic carbocycles. The van der Waals surface area contributed by atoms with E-state index in [4.69, 9.17) is 23.7 Å². The minimum atomic E-state index is -4.51. The van der Waals surface area contributed by atoms with Crippen LogP contribution in [0.15, 0.2) is 36.4 Å². The summed E-state index contributed by atoms with van der Waals surface area (Å²) < 4.78 is 68.8. The lowest BCUT2D eigenvalue weighted by Gasteiger charge is -2.59. The molecule has 13 nitrogen and oxygen atoms in total. The average molecular weight is 807 g/mol. The summed E-state index contributed by atoms with van der Waals surface area (Å²) in [7, 11) is 1.47. The number of nitriles is 1. The number of nitrogens with zero attached hydrogens (tertiary/aromatic N) is 2. The van der Waals surface area contributed by atoms with Crippen LogP contribution in [0.25, 0.3) is 6.08 Å². The zero-order valence-corrected chi connectivity index (χ0v) is 31.9. The quantitative estimate of drug-likeness (QED) is 0.177. The molecule has 6 aliphatic heterocycles. The lowest BCUT2D eigenvalue weighted by atomic mass is 9.72. The summed E-state index contributed by atoms with van der Waals surface area (Å²) in [6.45, 7) is 4.43. The molecule has 298 valence electrons. The number of phenolic OH excluding ortho intramolecular Hbond substituents is 1. The number of carbonyl (C=O) groups is 3. The van der Waals surface area contributed by atoms with Crippen LogP contribution in [0.1, 0.15) is 68.8 Å².